The molecular formula is C20H22FN3O4. The van der Waals surface area contributed by atoms with Crippen LogP contribution in [0.3, 0.4) is 0 Å². The number of amides is 2. The van der Waals surface area contributed by atoms with E-state index in [1.54, 1.807) is 30.3 Å². The number of fused-ring (bicyclic) bond motifs is 1. The molecule has 1 heterocycles. The SMILES string of the molecule is CN(C)[C@H](CNC(=O)C(=O)NCc1ccc2c(c1)OCO2)c1ccc(F)cc1. The highest BCUT2D eigenvalue weighted by atomic mass is 19.1. The zero-order chi connectivity index (χ0) is 20.1. The molecule has 0 aromatic heterocycles. The topological polar surface area (TPSA) is 79.9 Å². The minimum atomic E-state index is -0.728. The Bertz CT molecular complexity index is 855. The molecule has 0 aliphatic carbocycles. The lowest BCUT2D eigenvalue weighted by molar-refractivity contribution is -0.139. The van der Waals surface area contributed by atoms with Crippen molar-refractivity contribution in [3.63, 3.8) is 0 Å². The van der Waals surface area contributed by atoms with Crippen molar-refractivity contribution in [3.8, 4) is 11.5 Å². The average molecular weight is 387 g/mol. The van der Waals surface area contributed by atoms with E-state index in [-0.39, 0.29) is 31.7 Å². The Morgan fingerprint density at radius 3 is 2.43 bits per heavy atom. The van der Waals surface area contributed by atoms with Gasteiger partial charge in [0.05, 0.1) is 6.04 Å². The highest BCUT2D eigenvalue weighted by molar-refractivity contribution is 6.35. The quantitative estimate of drug-likeness (QED) is 0.736. The number of carbonyl (C=O) groups is 2. The summed E-state index contributed by atoms with van der Waals surface area (Å²) in [5.74, 6) is -0.509. The van der Waals surface area contributed by atoms with E-state index in [9.17, 15) is 14.0 Å². The molecule has 0 fully saturated rings. The van der Waals surface area contributed by atoms with Gasteiger partial charge in [-0.3, -0.25) is 9.59 Å². The second kappa shape index (κ2) is 8.71. The summed E-state index contributed by atoms with van der Waals surface area (Å²) in [7, 11) is 3.69. The molecule has 0 bridgehead atoms. The Hall–Kier alpha value is -3.13. The molecule has 7 nitrogen and oxygen atoms in total. The molecule has 0 radical (unpaired) electrons. The van der Waals surface area contributed by atoms with Crippen LogP contribution in [0.5, 0.6) is 11.5 Å². The van der Waals surface area contributed by atoms with Gasteiger partial charge in [0, 0.05) is 13.1 Å². The van der Waals surface area contributed by atoms with E-state index in [4.69, 9.17) is 9.47 Å². The average Bonchev–Trinajstić information content (AvgIpc) is 3.15. The summed E-state index contributed by atoms with van der Waals surface area (Å²) in [6.45, 7) is 0.585. The summed E-state index contributed by atoms with van der Waals surface area (Å²) in [6, 6.07) is 11.2. The maximum absolute atomic E-state index is 13.1. The van der Waals surface area contributed by atoms with Crippen LogP contribution in [-0.4, -0.2) is 44.1 Å². The fourth-order valence-corrected chi connectivity index (χ4v) is 2.87. The number of carbonyl (C=O) groups excluding carboxylic acids is 2. The summed E-state index contributed by atoms with van der Waals surface area (Å²) >= 11 is 0. The maximum Gasteiger partial charge on any atom is 0.309 e. The Morgan fingerprint density at radius 2 is 1.71 bits per heavy atom. The van der Waals surface area contributed by atoms with Crippen LogP contribution in [0, 0.1) is 5.82 Å². The van der Waals surface area contributed by atoms with Crippen molar-refractivity contribution in [1.82, 2.24) is 15.5 Å². The van der Waals surface area contributed by atoms with Crippen molar-refractivity contribution >= 4 is 11.8 Å². The van der Waals surface area contributed by atoms with Gasteiger partial charge in [0.15, 0.2) is 11.5 Å². The van der Waals surface area contributed by atoms with Crippen LogP contribution in [0.4, 0.5) is 4.39 Å². The van der Waals surface area contributed by atoms with E-state index in [1.165, 1.54) is 12.1 Å². The third-order valence-corrected chi connectivity index (χ3v) is 4.43. The lowest BCUT2D eigenvalue weighted by Crippen LogP contribution is -2.42. The molecule has 1 aliphatic heterocycles. The summed E-state index contributed by atoms with van der Waals surface area (Å²) in [6.07, 6.45) is 0. The molecule has 2 aromatic rings. The molecule has 2 N–H and O–H groups in total. The third kappa shape index (κ3) is 4.77. The number of likely N-dealkylation sites (N-methyl/N-ethyl adjacent to an activating group) is 1. The second-order valence-electron chi connectivity index (χ2n) is 6.61. The summed E-state index contributed by atoms with van der Waals surface area (Å²) in [4.78, 5) is 26.1. The van der Waals surface area contributed by atoms with Crippen molar-refractivity contribution in [1.29, 1.82) is 0 Å². The fraction of sp³-hybridized carbons (Fsp3) is 0.300. The van der Waals surface area contributed by atoms with Crippen molar-refractivity contribution in [2.45, 2.75) is 12.6 Å². The van der Waals surface area contributed by atoms with Gasteiger partial charge < -0.3 is 25.0 Å². The van der Waals surface area contributed by atoms with Crippen LogP contribution in [-0.2, 0) is 16.1 Å². The van der Waals surface area contributed by atoms with Crippen LogP contribution in [0.1, 0.15) is 17.2 Å². The van der Waals surface area contributed by atoms with E-state index in [0.29, 0.717) is 11.5 Å². The summed E-state index contributed by atoms with van der Waals surface area (Å²) in [5, 5.41) is 5.20. The van der Waals surface area contributed by atoms with Crippen molar-refractivity contribution in [3.05, 3.63) is 59.4 Å². The number of benzene rings is 2. The number of nitrogens with one attached hydrogen (secondary N) is 2. The van der Waals surface area contributed by atoms with E-state index >= 15 is 0 Å². The Labute approximate surface area is 162 Å². The highest BCUT2D eigenvalue weighted by Gasteiger charge is 2.19. The molecule has 0 saturated heterocycles. The molecule has 0 saturated carbocycles. The first-order valence-electron chi connectivity index (χ1n) is 8.80. The first-order chi connectivity index (χ1) is 13.4. The molecule has 28 heavy (non-hydrogen) atoms. The molecule has 0 spiro atoms. The minimum absolute atomic E-state index is 0.175. The molecule has 3 rings (SSSR count). The monoisotopic (exact) mass is 387 g/mol. The smallest absolute Gasteiger partial charge is 0.309 e. The van der Waals surface area contributed by atoms with Crippen LogP contribution < -0.4 is 20.1 Å². The van der Waals surface area contributed by atoms with E-state index < -0.39 is 11.8 Å². The minimum Gasteiger partial charge on any atom is -0.454 e. The van der Waals surface area contributed by atoms with E-state index in [2.05, 4.69) is 10.6 Å². The number of ether oxygens (including phenoxy) is 2. The van der Waals surface area contributed by atoms with Gasteiger partial charge >= 0.3 is 11.8 Å². The van der Waals surface area contributed by atoms with Gasteiger partial charge in [-0.1, -0.05) is 18.2 Å². The lowest BCUT2D eigenvalue weighted by Gasteiger charge is -2.25. The van der Waals surface area contributed by atoms with Gasteiger partial charge in [-0.05, 0) is 49.5 Å². The fourth-order valence-electron chi connectivity index (χ4n) is 2.87. The van der Waals surface area contributed by atoms with Crippen molar-refractivity contribution in [2.75, 3.05) is 27.4 Å². The lowest BCUT2D eigenvalue weighted by atomic mass is 10.1. The Balaban J connectivity index is 1.51. The van der Waals surface area contributed by atoms with Crippen LogP contribution in [0.2, 0.25) is 0 Å². The predicted octanol–water partition coefficient (Wildman–Crippen LogP) is 1.59. The second-order valence-corrected chi connectivity index (χ2v) is 6.61. The maximum atomic E-state index is 13.1. The largest absolute Gasteiger partial charge is 0.454 e. The first kappa shape index (κ1) is 19.6. The number of rotatable bonds is 6. The van der Waals surface area contributed by atoms with Gasteiger partial charge in [-0.25, -0.2) is 4.39 Å². The predicted molar refractivity (Wildman–Crippen MR) is 100 cm³/mol. The highest BCUT2D eigenvalue weighted by Crippen LogP contribution is 2.32. The van der Waals surface area contributed by atoms with Gasteiger partial charge in [-0.2, -0.15) is 0 Å². The van der Waals surface area contributed by atoms with Gasteiger partial charge in [0.25, 0.3) is 0 Å². The van der Waals surface area contributed by atoms with Gasteiger partial charge in [-0.15, -0.1) is 0 Å². The van der Waals surface area contributed by atoms with E-state index in [1.807, 2.05) is 19.0 Å². The Morgan fingerprint density at radius 1 is 1.04 bits per heavy atom. The van der Waals surface area contributed by atoms with Crippen molar-refractivity contribution < 1.29 is 23.5 Å². The molecule has 2 amide bonds. The molecular weight excluding hydrogens is 365 g/mol. The molecule has 1 atom stereocenters. The standard InChI is InChI=1S/C20H22FN3O4/c1-24(2)16(14-4-6-15(21)7-5-14)11-23-20(26)19(25)22-10-13-3-8-17-18(9-13)28-12-27-17/h3-9,16H,10-12H2,1-2H3,(H,22,25)(H,23,26)/t16-/m1/s1. The molecule has 0 unspecified atom stereocenters. The van der Waals surface area contributed by atoms with Crippen LogP contribution >= 0.6 is 0 Å². The number of halogens is 1. The van der Waals surface area contributed by atoms with Crippen molar-refractivity contribution in [2.24, 2.45) is 0 Å². The normalized spacial score (nSPS) is 13.3. The molecule has 8 heteroatoms. The van der Waals surface area contributed by atoms with Crippen LogP contribution in [0.15, 0.2) is 42.5 Å². The van der Waals surface area contributed by atoms with Gasteiger partial charge in [0.2, 0.25) is 6.79 Å². The van der Waals surface area contributed by atoms with E-state index in [0.717, 1.165) is 11.1 Å². The van der Waals surface area contributed by atoms with Crippen LogP contribution in [0.25, 0.3) is 0 Å². The number of nitrogens with zero attached hydrogens (tertiary/aromatic N) is 1. The summed E-state index contributed by atoms with van der Waals surface area (Å²) in [5.41, 5.74) is 1.63. The first-order valence-corrected chi connectivity index (χ1v) is 8.80. The zero-order valence-corrected chi connectivity index (χ0v) is 15.7. The third-order valence-electron chi connectivity index (χ3n) is 4.43. The molecule has 1 aliphatic rings. The zero-order valence-electron chi connectivity index (χ0n) is 15.7. The number of hydrogen-bond acceptors (Lipinski definition) is 5. The molecule has 148 valence electrons. The summed E-state index contributed by atoms with van der Waals surface area (Å²) < 4.78 is 23.6. The molecule has 2 aromatic carbocycles. The number of hydrogen-bond donors (Lipinski definition) is 2. The Kier molecular flexibility index (Phi) is 6.10. The van der Waals surface area contributed by atoms with Gasteiger partial charge in [0.1, 0.15) is 5.82 Å².